The quantitative estimate of drug-likeness (QED) is 0.408. The lowest BCUT2D eigenvalue weighted by Gasteiger charge is -2.39. The zero-order valence-corrected chi connectivity index (χ0v) is 15.7. The van der Waals surface area contributed by atoms with Gasteiger partial charge in [0, 0.05) is 0 Å². The molecule has 4 N–H and O–H groups in total. The van der Waals surface area contributed by atoms with Crippen LogP contribution in [0.4, 0.5) is 0 Å². The van der Waals surface area contributed by atoms with Gasteiger partial charge in [0.15, 0.2) is 6.29 Å². The summed E-state index contributed by atoms with van der Waals surface area (Å²) in [6, 6.07) is 6.66. The van der Waals surface area contributed by atoms with Crippen molar-refractivity contribution in [2.24, 2.45) is 0 Å². The highest BCUT2D eigenvalue weighted by Crippen LogP contribution is 2.22. The Morgan fingerprint density at radius 2 is 2.03 bits per heavy atom. The predicted molar refractivity (Wildman–Crippen MR) is 95.9 cm³/mol. The third-order valence-corrected chi connectivity index (χ3v) is 4.41. The van der Waals surface area contributed by atoms with Gasteiger partial charge in [0.2, 0.25) is 0 Å². The van der Waals surface area contributed by atoms with Crippen LogP contribution >= 0.6 is 0 Å². The summed E-state index contributed by atoms with van der Waals surface area (Å²) in [6.45, 7) is 1.34. The van der Waals surface area contributed by atoms with Crippen LogP contribution in [0.3, 0.4) is 0 Å². The standard InChI is InChI=1S/C18H23N3O8/c1-2-27-17(26)10-4-3-5-12(6-10)21-7-11(19-20-21)9-28-18-16(25)15(24)14(23)13(8-22)29-18/h3-7,13-16,18,22-25H,2,8-9H2,1H3/t13-,14-,15+,16+,18+/m1/s1. The number of aromatic nitrogens is 3. The summed E-state index contributed by atoms with van der Waals surface area (Å²) in [6.07, 6.45) is -5.23. The first-order valence-corrected chi connectivity index (χ1v) is 9.05. The molecule has 2 aromatic rings. The summed E-state index contributed by atoms with van der Waals surface area (Å²) < 4.78 is 17.1. The number of hydrogen-bond acceptors (Lipinski definition) is 10. The van der Waals surface area contributed by atoms with E-state index in [1.807, 2.05) is 0 Å². The molecule has 5 atom stereocenters. The number of benzene rings is 1. The number of hydrogen-bond donors (Lipinski definition) is 4. The summed E-state index contributed by atoms with van der Waals surface area (Å²) in [5.41, 5.74) is 1.35. The molecule has 1 aliphatic heterocycles. The molecule has 1 saturated heterocycles. The summed E-state index contributed by atoms with van der Waals surface area (Å²) in [4.78, 5) is 11.9. The maximum atomic E-state index is 11.9. The average Bonchev–Trinajstić information content (AvgIpc) is 3.21. The first-order valence-electron chi connectivity index (χ1n) is 9.05. The van der Waals surface area contributed by atoms with E-state index in [1.54, 1.807) is 37.4 Å². The monoisotopic (exact) mass is 409 g/mol. The molecular formula is C18H23N3O8. The number of ether oxygens (including phenoxy) is 3. The van der Waals surface area contributed by atoms with E-state index in [1.165, 1.54) is 4.68 Å². The number of nitrogens with zero attached hydrogens (tertiary/aromatic N) is 3. The van der Waals surface area contributed by atoms with Crippen LogP contribution in [0.5, 0.6) is 0 Å². The second-order valence-electron chi connectivity index (χ2n) is 6.43. The average molecular weight is 409 g/mol. The number of carbonyl (C=O) groups is 1. The van der Waals surface area contributed by atoms with Crippen LogP contribution in [-0.4, -0.2) is 85.3 Å². The lowest BCUT2D eigenvalue weighted by molar-refractivity contribution is -0.304. The molecule has 0 amide bonds. The molecule has 11 nitrogen and oxygen atoms in total. The van der Waals surface area contributed by atoms with Crippen molar-refractivity contribution in [3.8, 4) is 5.69 Å². The van der Waals surface area contributed by atoms with Crippen molar-refractivity contribution < 1.29 is 39.4 Å². The summed E-state index contributed by atoms with van der Waals surface area (Å²) in [7, 11) is 0. The third-order valence-electron chi connectivity index (χ3n) is 4.41. The highest BCUT2D eigenvalue weighted by atomic mass is 16.7. The molecular weight excluding hydrogens is 386 g/mol. The van der Waals surface area contributed by atoms with Crippen molar-refractivity contribution in [1.82, 2.24) is 15.0 Å². The zero-order chi connectivity index (χ0) is 21.0. The minimum absolute atomic E-state index is 0.111. The van der Waals surface area contributed by atoms with E-state index < -0.39 is 43.3 Å². The molecule has 0 radical (unpaired) electrons. The van der Waals surface area contributed by atoms with Gasteiger partial charge in [-0.05, 0) is 25.1 Å². The van der Waals surface area contributed by atoms with Crippen LogP contribution in [0.2, 0.25) is 0 Å². The molecule has 1 aromatic carbocycles. The Morgan fingerprint density at radius 1 is 1.24 bits per heavy atom. The van der Waals surface area contributed by atoms with Gasteiger partial charge in [-0.2, -0.15) is 0 Å². The van der Waals surface area contributed by atoms with Gasteiger partial charge in [-0.15, -0.1) is 5.10 Å². The zero-order valence-electron chi connectivity index (χ0n) is 15.7. The SMILES string of the molecule is CCOC(=O)c1cccc(-n2cc(CO[C@H]3O[C@H](CO)[C@@H](O)[C@H](O)[C@@H]3O)nn2)c1. The van der Waals surface area contributed by atoms with Crippen molar-refractivity contribution in [2.45, 2.75) is 44.2 Å². The fraction of sp³-hybridized carbons (Fsp3) is 0.500. The fourth-order valence-electron chi connectivity index (χ4n) is 2.85. The molecule has 11 heteroatoms. The molecule has 0 unspecified atom stereocenters. The van der Waals surface area contributed by atoms with Crippen LogP contribution in [0, 0.1) is 0 Å². The Morgan fingerprint density at radius 3 is 2.76 bits per heavy atom. The number of carbonyl (C=O) groups excluding carboxylic acids is 1. The maximum Gasteiger partial charge on any atom is 0.338 e. The minimum Gasteiger partial charge on any atom is -0.462 e. The summed E-state index contributed by atoms with van der Waals surface area (Å²) in [5, 5.41) is 46.7. The molecule has 0 bridgehead atoms. The van der Waals surface area contributed by atoms with E-state index in [-0.39, 0.29) is 13.2 Å². The molecule has 1 aliphatic rings. The van der Waals surface area contributed by atoms with E-state index in [0.29, 0.717) is 16.9 Å². The number of esters is 1. The Bertz CT molecular complexity index is 827. The summed E-state index contributed by atoms with van der Waals surface area (Å²) >= 11 is 0. The first-order chi connectivity index (χ1) is 13.9. The highest BCUT2D eigenvalue weighted by Gasteiger charge is 2.44. The van der Waals surface area contributed by atoms with Crippen LogP contribution in [-0.2, 0) is 20.8 Å². The van der Waals surface area contributed by atoms with Crippen molar-refractivity contribution >= 4 is 5.97 Å². The number of aliphatic hydroxyl groups excluding tert-OH is 4. The molecule has 0 saturated carbocycles. The molecule has 2 heterocycles. The maximum absolute atomic E-state index is 11.9. The molecule has 158 valence electrons. The van der Waals surface area contributed by atoms with Gasteiger partial charge < -0.3 is 34.6 Å². The van der Waals surface area contributed by atoms with E-state index in [2.05, 4.69) is 10.3 Å². The number of aliphatic hydroxyl groups is 4. The second kappa shape index (κ2) is 9.39. The highest BCUT2D eigenvalue weighted by molar-refractivity contribution is 5.90. The van der Waals surface area contributed by atoms with Gasteiger partial charge in [0.05, 0.1) is 37.3 Å². The molecule has 29 heavy (non-hydrogen) atoms. The Labute approximate surface area is 166 Å². The second-order valence-corrected chi connectivity index (χ2v) is 6.43. The van der Waals surface area contributed by atoms with Gasteiger partial charge in [-0.1, -0.05) is 11.3 Å². The van der Waals surface area contributed by atoms with Crippen LogP contribution in [0.1, 0.15) is 23.0 Å². The summed E-state index contributed by atoms with van der Waals surface area (Å²) in [5.74, 6) is -0.444. The van der Waals surface area contributed by atoms with Crippen molar-refractivity contribution in [3.63, 3.8) is 0 Å². The lowest BCUT2D eigenvalue weighted by atomic mass is 9.99. The van der Waals surface area contributed by atoms with Crippen LogP contribution in [0.25, 0.3) is 5.69 Å². The van der Waals surface area contributed by atoms with Crippen molar-refractivity contribution in [3.05, 3.63) is 41.7 Å². The Kier molecular flexibility index (Phi) is 6.90. The van der Waals surface area contributed by atoms with E-state index in [4.69, 9.17) is 14.2 Å². The van der Waals surface area contributed by atoms with E-state index in [9.17, 15) is 25.2 Å². The van der Waals surface area contributed by atoms with Gasteiger partial charge in [0.1, 0.15) is 30.1 Å². The van der Waals surface area contributed by atoms with Gasteiger partial charge in [-0.3, -0.25) is 0 Å². The van der Waals surface area contributed by atoms with Crippen molar-refractivity contribution in [1.29, 1.82) is 0 Å². The third kappa shape index (κ3) is 4.78. The first kappa shape index (κ1) is 21.3. The lowest BCUT2D eigenvalue weighted by Crippen LogP contribution is -2.59. The molecule has 1 fully saturated rings. The Balaban J connectivity index is 1.65. The molecule has 1 aromatic heterocycles. The van der Waals surface area contributed by atoms with Crippen LogP contribution < -0.4 is 0 Å². The topological polar surface area (TPSA) is 156 Å². The fourth-order valence-corrected chi connectivity index (χ4v) is 2.85. The smallest absolute Gasteiger partial charge is 0.338 e. The molecule has 0 aliphatic carbocycles. The van der Waals surface area contributed by atoms with Gasteiger partial charge >= 0.3 is 5.97 Å². The predicted octanol–water partition coefficient (Wildman–Crippen LogP) is -1.24. The Hall–Kier alpha value is -2.41. The van der Waals surface area contributed by atoms with Crippen molar-refractivity contribution in [2.75, 3.05) is 13.2 Å². The van der Waals surface area contributed by atoms with E-state index >= 15 is 0 Å². The van der Waals surface area contributed by atoms with E-state index in [0.717, 1.165) is 0 Å². The van der Waals surface area contributed by atoms with Crippen LogP contribution in [0.15, 0.2) is 30.5 Å². The molecule has 0 spiro atoms. The number of rotatable bonds is 7. The molecule has 3 rings (SSSR count). The minimum atomic E-state index is -1.52. The van der Waals surface area contributed by atoms with Gasteiger partial charge in [-0.25, -0.2) is 9.48 Å². The van der Waals surface area contributed by atoms with Gasteiger partial charge in [0.25, 0.3) is 0 Å². The normalized spacial score (nSPS) is 27.0. The largest absolute Gasteiger partial charge is 0.462 e.